The van der Waals surface area contributed by atoms with Crippen LogP contribution in [0.3, 0.4) is 0 Å². The van der Waals surface area contributed by atoms with Crippen molar-refractivity contribution >= 4 is 10.0 Å². The Labute approximate surface area is 134 Å². The van der Waals surface area contributed by atoms with E-state index in [1.165, 1.54) is 0 Å². The maximum Gasteiger partial charge on any atom is 0.214 e. The molecular weight excluding hydrogens is 298 g/mol. The summed E-state index contributed by atoms with van der Waals surface area (Å²) in [7, 11) is 0.980. The Bertz CT molecular complexity index is 538. The Morgan fingerprint density at radius 2 is 1.68 bits per heavy atom. The van der Waals surface area contributed by atoms with Gasteiger partial charge in [0, 0.05) is 39.3 Å². The fourth-order valence-electron chi connectivity index (χ4n) is 2.59. The lowest BCUT2D eigenvalue weighted by atomic mass is 10.2. The molecule has 0 aliphatic carbocycles. The minimum Gasteiger partial charge on any atom is -0.308 e. The molecule has 1 fully saturated rings. The van der Waals surface area contributed by atoms with Gasteiger partial charge >= 0.3 is 0 Å². The highest BCUT2D eigenvalue weighted by molar-refractivity contribution is 7.89. The van der Waals surface area contributed by atoms with E-state index in [1.54, 1.807) is 4.31 Å². The van der Waals surface area contributed by atoms with Crippen LogP contribution >= 0.6 is 0 Å². The van der Waals surface area contributed by atoms with Crippen LogP contribution in [0.5, 0.6) is 0 Å². The van der Waals surface area contributed by atoms with Crippen molar-refractivity contribution in [3.63, 3.8) is 0 Å². The summed E-state index contributed by atoms with van der Waals surface area (Å²) < 4.78 is 26.5. The van der Waals surface area contributed by atoms with E-state index in [9.17, 15) is 8.42 Å². The number of hydrogen-bond donors (Lipinski definition) is 0. The van der Waals surface area contributed by atoms with Crippen LogP contribution in [0.1, 0.15) is 5.56 Å². The predicted molar refractivity (Wildman–Crippen MR) is 90.5 cm³/mol. The molecule has 1 aromatic rings. The molecule has 0 N–H and O–H groups in total. The zero-order valence-corrected chi connectivity index (χ0v) is 14.4. The highest BCUT2D eigenvalue weighted by Gasteiger charge is 2.26. The monoisotopic (exact) mass is 325 g/mol. The van der Waals surface area contributed by atoms with Crippen LogP contribution in [0.15, 0.2) is 30.3 Å². The van der Waals surface area contributed by atoms with Crippen molar-refractivity contribution in [2.75, 3.05) is 59.1 Å². The van der Waals surface area contributed by atoms with Crippen LogP contribution in [-0.2, 0) is 16.4 Å². The van der Waals surface area contributed by atoms with Gasteiger partial charge in [-0.1, -0.05) is 30.3 Å². The summed E-state index contributed by atoms with van der Waals surface area (Å²) in [5, 5.41) is 0. The molecule has 0 bridgehead atoms. The molecule has 1 aliphatic heterocycles. The summed E-state index contributed by atoms with van der Waals surface area (Å²) in [5.41, 5.74) is 1.08. The summed E-state index contributed by atoms with van der Waals surface area (Å²) in [4.78, 5) is 4.49. The zero-order chi connectivity index (χ0) is 16.0. The molecule has 0 amide bonds. The third-order valence-corrected chi connectivity index (χ3v) is 5.95. The Balaban J connectivity index is 1.79. The number of sulfonamides is 1. The van der Waals surface area contributed by atoms with Crippen LogP contribution in [0.4, 0.5) is 0 Å². The van der Waals surface area contributed by atoms with Gasteiger partial charge in [0.25, 0.3) is 0 Å². The molecule has 2 rings (SSSR count). The first-order valence-corrected chi connectivity index (χ1v) is 9.47. The molecule has 1 aromatic carbocycles. The van der Waals surface area contributed by atoms with Crippen LogP contribution < -0.4 is 0 Å². The van der Waals surface area contributed by atoms with E-state index >= 15 is 0 Å². The third kappa shape index (κ3) is 5.35. The van der Waals surface area contributed by atoms with Crippen LogP contribution in [0.2, 0.25) is 0 Å². The molecule has 0 aromatic heterocycles. The minimum atomic E-state index is -3.14. The molecule has 0 saturated carbocycles. The quantitative estimate of drug-likeness (QED) is 0.742. The van der Waals surface area contributed by atoms with Gasteiger partial charge in [-0.15, -0.1) is 0 Å². The zero-order valence-electron chi connectivity index (χ0n) is 13.6. The molecular formula is C16H27N3O2S. The van der Waals surface area contributed by atoms with Crippen molar-refractivity contribution in [3.05, 3.63) is 35.9 Å². The van der Waals surface area contributed by atoms with Crippen molar-refractivity contribution in [2.24, 2.45) is 0 Å². The van der Waals surface area contributed by atoms with Gasteiger partial charge < -0.3 is 4.90 Å². The maximum atomic E-state index is 12.4. The molecule has 124 valence electrons. The van der Waals surface area contributed by atoms with Crippen molar-refractivity contribution in [3.8, 4) is 0 Å². The lowest BCUT2D eigenvalue weighted by molar-refractivity contribution is 0.174. The fourth-order valence-corrected chi connectivity index (χ4v) is 4.06. The molecule has 0 atom stereocenters. The summed E-state index contributed by atoms with van der Waals surface area (Å²) in [6.07, 6.45) is 0.587. The lowest BCUT2D eigenvalue weighted by Gasteiger charge is -2.34. The van der Waals surface area contributed by atoms with Crippen LogP contribution in [0, 0.1) is 0 Å². The Hall–Kier alpha value is -0.950. The summed E-state index contributed by atoms with van der Waals surface area (Å²) in [5.74, 6) is 0.203. The van der Waals surface area contributed by atoms with E-state index in [0.29, 0.717) is 19.5 Å². The van der Waals surface area contributed by atoms with Gasteiger partial charge in [-0.25, -0.2) is 8.42 Å². The number of hydrogen-bond acceptors (Lipinski definition) is 4. The second kappa shape index (κ2) is 8.06. The average Bonchev–Trinajstić information content (AvgIpc) is 2.52. The molecule has 0 spiro atoms. The number of piperazine rings is 1. The van der Waals surface area contributed by atoms with Crippen molar-refractivity contribution in [2.45, 2.75) is 6.42 Å². The van der Waals surface area contributed by atoms with Crippen LogP contribution in [-0.4, -0.2) is 81.6 Å². The second-order valence-electron chi connectivity index (χ2n) is 6.10. The normalized spacial score (nSPS) is 18.0. The average molecular weight is 325 g/mol. The van der Waals surface area contributed by atoms with Gasteiger partial charge in [-0.05, 0) is 26.1 Å². The first kappa shape index (κ1) is 17.4. The standard InChI is InChI=1S/C16H27N3O2S/c1-17(2)9-10-18-11-13-19(14-12-18)22(20,21)15-8-16-6-4-3-5-7-16/h3-7H,8-15H2,1-2H3. The molecule has 6 heteroatoms. The van der Waals surface area contributed by atoms with E-state index in [0.717, 1.165) is 31.7 Å². The van der Waals surface area contributed by atoms with E-state index in [-0.39, 0.29) is 5.75 Å². The Morgan fingerprint density at radius 1 is 1.05 bits per heavy atom. The third-order valence-electron chi connectivity index (χ3n) is 4.08. The minimum absolute atomic E-state index is 0.203. The molecule has 5 nitrogen and oxygen atoms in total. The SMILES string of the molecule is CN(C)CCN1CCN(S(=O)(=O)CCc2ccccc2)CC1. The van der Waals surface area contributed by atoms with E-state index in [1.807, 2.05) is 30.3 Å². The summed E-state index contributed by atoms with van der Waals surface area (Å²) >= 11 is 0. The molecule has 22 heavy (non-hydrogen) atoms. The van der Waals surface area contributed by atoms with Crippen molar-refractivity contribution in [1.82, 2.24) is 14.1 Å². The van der Waals surface area contributed by atoms with Crippen LogP contribution in [0.25, 0.3) is 0 Å². The molecule has 0 unspecified atom stereocenters. The summed E-state index contributed by atoms with van der Waals surface area (Å²) in [6.45, 7) is 4.91. The van der Waals surface area contributed by atoms with Gasteiger partial charge in [0.1, 0.15) is 0 Å². The molecule has 1 heterocycles. The Morgan fingerprint density at radius 3 is 2.27 bits per heavy atom. The number of rotatable bonds is 7. The van der Waals surface area contributed by atoms with Crippen molar-refractivity contribution < 1.29 is 8.42 Å². The number of nitrogens with zero attached hydrogens (tertiary/aromatic N) is 3. The highest BCUT2D eigenvalue weighted by Crippen LogP contribution is 2.10. The lowest BCUT2D eigenvalue weighted by Crippen LogP contribution is -2.50. The first-order valence-electron chi connectivity index (χ1n) is 7.86. The van der Waals surface area contributed by atoms with E-state index in [4.69, 9.17) is 0 Å². The second-order valence-corrected chi connectivity index (χ2v) is 8.18. The largest absolute Gasteiger partial charge is 0.308 e. The summed E-state index contributed by atoms with van der Waals surface area (Å²) in [6, 6.07) is 9.81. The van der Waals surface area contributed by atoms with E-state index in [2.05, 4.69) is 23.9 Å². The smallest absolute Gasteiger partial charge is 0.214 e. The predicted octanol–water partition coefficient (Wildman–Crippen LogP) is 0.738. The Kier molecular flexibility index (Phi) is 6.37. The molecule has 1 saturated heterocycles. The van der Waals surface area contributed by atoms with Gasteiger partial charge in [-0.3, -0.25) is 4.90 Å². The fraction of sp³-hybridized carbons (Fsp3) is 0.625. The van der Waals surface area contributed by atoms with Gasteiger partial charge in [0.2, 0.25) is 10.0 Å². The van der Waals surface area contributed by atoms with Gasteiger partial charge in [0.05, 0.1) is 5.75 Å². The van der Waals surface area contributed by atoms with Gasteiger partial charge in [0.15, 0.2) is 0 Å². The van der Waals surface area contributed by atoms with Crippen molar-refractivity contribution in [1.29, 1.82) is 0 Å². The number of likely N-dealkylation sites (N-methyl/N-ethyl adjacent to an activating group) is 1. The number of aryl methyl sites for hydroxylation is 1. The molecule has 0 radical (unpaired) electrons. The highest BCUT2D eigenvalue weighted by atomic mass is 32.2. The first-order chi connectivity index (χ1) is 10.5. The molecule has 1 aliphatic rings. The number of benzene rings is 1. The van der Waals surface area contributed by atoms with E-state index < -0.39 is 10.0 Å². The topological polar surface area (TPSA) is 43.9 Å². The van der Waals surface area contributed by atoms with Gasteiger partial charge in [-0.2, -0.15) is 4.31 Å². The maximum absolute atomic E-state index is 12.4.